The molecule has 3 rings (SSSR count). The van der Waals surface area contributed by atoms with Crippen LogP contribution in [-0.2, 0) is 6.54 Å². The summed E-state index contributed by atoms with van der Waals surface area (Å²) in [5.41, 5.74) is 1.62. The Kier molecular flexibility index (Phi) is 5.26. The van der Waals surface area contributed by atoms with Gasteiger partial charge in [0.25, 0.3) is 5.56 Å². The molecule has 0 amide bonds. The Morgan fingerprint density at radius 1 is 1.00 bits per heavy atom. The van der Waals surface area contributed by atoms with Crippen molar-refractivity contribution in [2.24, 2.45) is 5.92 Å². The van der Waals surface area contributed by atoms with Gasteiger partial charge in [0.05, 0.1) is 11.1 Å². The highest BCUT2D eigenvalue weighted by atomic mass is 16.3. The SMILES string of the molecule is Cc1c(C(=O)c2ccccc2)c(O)c(-c2ccccc2)c(=O)n1CC(C)C. The average Bonchev–Trinajstić information content (AvgIpc) is 2.66. The minimum atomic E-state index is -0.291. The first-order valence-corrected chi connectivity index (χ1v) is 9.03. The topological polar surface area (TPSA) is 59.3 Å². The summed E-state index contributed by atoms with van der Waals surface area (Å²) in [7, 11) is 0. The van der Waals surface area contributed by atoms with Crippen molar-refractivity contribution >= 4 is 5.78 Å². The van der Waals surface area contributed by atoms with Crippen molar-refractivity contribution in [2.45, 2.75) is 27.3 Å². The van der Waals surface area contributed by atoms with Gasteiger partial charge in [-0.25, -0.2) is 0 Å². The van der Waals surface area contributed by atoms with Crippen LogP contribution in [0.15, 0.2) is 65.5 Å². The Morgan fingerprint density at radius 3 is 2.11 bits per heavy atom. The molecule has 0 fully saturated rings. The van der Waals surface area contributed by atoms with E-state index in [1.165, 1.54) is 0 Å². The van der Waals surface area contributed by atoms with Gasteiger partial charge in [0, 0.05) is 17.8 Å². The van der Waals surface area contributed by atoms with Crippen molar-refractivity contribution in [1.82, 2.24) is 4.57 Å². The van der Waals surface area contributed by atoms with Crippen LogP contribution in [0.4, 0.5) is 0 Å². The number of carbonyl (C=O) groups is 1. The molecule has 0 aliphatic rings. The number of benzene rings is 2. The Labute approximate surface area is 158 Å². The van der Waals surface area contributed by atoms with Crippen molar-refractivity contribution in [2.75, 3.05) is 0 Å². The molecule has 1 N–H and O–H groups in total. The Morgan fingerprint density at radius 2 is 1.56 bits per heavy atom. The van der Waals surface area contributed by atoms with Gasteiger partial charge in [-0.3, -0.25) is 9.59 Å². The average molecular weight is 361 g/mol. The van der Waals surface area contributed by atoms with Gasteiger partial charge < -0.3 is 9.67 Å². The van der Waals surface area contributed by atoms with E-state index in [4.69, 9.17) is 0 Å². The summed E-state index contributed by atoms with van der Waals surface area (Å²) in [5, 5.41) is 11.0. The molecule has 0 unspecified atom stereocenters. The number of nitrogens with zero attached hydrogens (tertiary/aromatic N) is 1. The van der Waals surface area contributed by atoms with Crippen molar-refractivity contribution in [1.29, 1.82) is 0 Å². The minimum absolute atomic E-state index is 0.168. The van der Waals surface area contributed by atoms with Crippen LogP contribution >= 0.6 is 0 Å². The van der Waals surface area contributed by atoms with Crippen molar-refractivity contribution in [3.8, 4) is 16.9 Å². The summed E-state index contributed by atoms with van der Waals surface area (Å²) in [6, 6.07) is 17.8. The molecule has 0 bridgehead atoms. The molecular formula is C23H23NO3. The van der Waals surface area contributed by atoms with E-state index in [-0.39, 0.29) is 34.1 Å². The summed E-state index contributed by atoms with van der Waals surface area (Å²) in [4.78, 5) is 26.3. The maximum Gasteiger partial charge on any atom is 0.262 e. The maximum absolute atomic E-state index is 13.1. The third-order valence-corrected chi connectivity index (χ3v) is 4.57. The van der Waals surface area contributed by atoms with E-state index in [9.17, 15) is 14.7 Å². The molecule has 4 heteroatoms. The standard InChI is InChI=1S/C23H23NO3/c1-15(2)14-24-16(3)19(21(25)18-12-8-5-9-13-18)22(26)20(23(24)27)17-10-6-4-7-11-17/h4-13,15,26H,14H2,1-3H3. The van der Waals surface area contributed by atoms with Crippen LogP contribution in [0, 0.1) is 12.8 Å². The molecule has 3 aromatic rings. The predicted molar refractivity (Wildman–Crippen MR) is 107 cm³/mol. The molecule has 0 atom stereocenters. The molecule has 0 radical (unpaired) electrons. The summed E-state index contributed by atoms with van der Waals surface area (Å²) in [6.07, 6.45) is 0. The smallest absolute Gasteiger partial charge is 0.262 e. The lowest BCUT2D eigenvalue weighted by Crippen LogP contribution is -2.28. The number of rotatable bonds is 5. The van der Waals surface area contributed by atoms with E-state index >= 15 is 0 Å². The van der Waals surface area contributed by atoms with Gasteiger partial charge in [-0.1, -0.05) is 74.5 Å². The molecule has 0 aliphatic heterocycles. The van der Waals surface area contributed by atoms with Crippen molar-refractivity contribution < 1.29 is 9.90 Å². The van der Waals surface area contributed by atoms with Crippen LogP contribution in [0.5, 0.6) is 5.75 Å². The number of aromatic nitrogens is 1. The van der Waals surface area contributed by atoms with Crippen LogP contribution in [0.25, 0.3) is 11.1 Å². The highest BCUT2D eigenvalue weighted by molar-refractivity contribution is 6.12. The van der Waals surface area contributed by atoms with E-state index in [0.717, 1.165) is 0 Å². The number of ketones is 1. The predicted octanol–water partition coefficient (Wildman–Crippen LogP) is 4.42. The summed E-state index contributed by atoms with van der Waals surface area (Å²) < 4.78 is 1.60. The molecule has 1 aromatic heterocycles. The lowest BCUT2D eigenvalue weighted by Gasteiger charge is -2.19. The lowest BCUT2D eigenvalue weighted by molar-refractivity contribution is 0.103. The maximum atomic E-state index is 13.1. The van der Waals surface area contributed by atoms with Crippen LogP contribution < -0.4 is 5.56 Å². The third kappa shape index (κ3) is 3.56. The van der Waals surface area contributed by atoms with E-state index in [2.05, 4.69) is 0 Å². The molecule has 27 heavy (non-hydrogen) atoms. The van der Waals surface area contributed by atoms with E-state index in [0.29, 0.717) is 23.4 Å². The van der Waals surface area contributed by atoms with Crippen LogP contribution in [0.2, 0.25) is 0 Å². The molecule has 0 aliphatic carbocycles. The van der Waals surface area contributed by atoms with Crippen LogP contribution in [-0.4, -0.2) is 15.5 Å². The minimum Gasteiger partial charge on any atom is -0.506 e. The fourth-order valence-corrected chi connectivity index (χ4v) is 3.28. The molecule has 1 heterocycles. The quantitative estimate of drug-likeness (QED) is 0.685. The highest BCUT2D eigenvalue weighted by Gasteiger charge is 2.25. The fourth-order valence-electron chi connectivity index (χ4n) is 3.28. The molecule has 0 saturated heterocycles. The zero-order valence-electron chi connectivity index (χ0n) is 15.8. The van der Waals surface area contributed by atoms with Gasteiger partial charge in [-0.05, 0) is 18.4 Å². The molecule has 0 spiro atoms. The molecule has 138 valence electrons. The number of hydrogen-bond donors (Lipinski definition) is 1. The zero-order chi connectivity index (χ0) is 19.6. The first kappa shape index (κ1) is 18.6. The van der Waals surface area contributed by atoms with E-state index in [1.54, 1.807) is 60.0 Å². The Balaban J connectivity index is 2.33. The summed E-state index contributed by atoms with van der Waals surface area (Å²) in [6.45, 7) is 6.22. The molecular weight excluding hydrogens is 338 g/mol. The second-order valence-corrected chi connectivity index (χ2v) is 7.05. The van der Waals surface area contributed by atoms with Crippen molar-refractivity contribution in [3.63, 3.8) is 0 Å². The van der Waals surface area contributed by atoms with Gasteiger partial charge in [0.15, 0.2) is 5.78 Å². The first-order chi connectivity index (χ1) is 12.9. The van der Waals surface area contributed by atoms with Crippen LogP contribution in [0.1, 0.15) is 35.5 Å². The highest BCUT2D eigenvalue weighted by Crippen LogP contribution is 2.32. The Bertz CT molecular complexity index is 1020. The lowest BCUT2D eigenvalue weighted by atomic mass is 9.95. The third-order valence-electron chi connectivity index (χ3n) is 4.57. The van der Waals surface area contributed by atoms with Gasteiger partial charge in [-0.15, -0.1) is 0 Å². The van der Waals surface area contributed by atoms with Gasteiger partial charge in [0.1, 0.15) is 5.75 Å². The van der Waals surface area contributed by atoms with Gasteiger partial charge in [0.2, 0.25) is 0 Å². The fraction of sp³-hybridized carbons (Fsp3) is 0.217. The second-order valence-electron chi connectivity index (χ2n) is 7.05. The number of carbonyl (C=O) groups excluding carboxylic acids is 1. The van der Waals surface area contributed by atoms with Gasteiger partial charge in [-0.2, -0.15) is 0 Å². The monoisotopic (exact) mass is 361 g/mol. The van der Waals surface area contributed by atoms with Crippen LogP contribution in [0.3, 0.4) is 0 Å². The first-order valence-electron chi connectivity index (χ1n) is 9.03. The zero-order valence-corrected chi connectivity index (χ0v) is 15.8. The van der Waals surface area contributed by atoms with E-state index < -0.39 is 0 Å². The van der Waals surface area contributed by atoms with Crippen molar-refractivity contribution in [3.05, 3.63) is 87.8 Å². The Hall–Kier alpha value is -3.14. The molecule has 4 nitrogen and oxygen atoms in total. The summed E-state index contributed by atoms with van der Waals surface area (Å²) in [5.74, 6) is -0.327. The molecule has 2 aromatic carbocycles. The number of pyridine rings is 1. The molecule has 0 saturated carbocycles. The largest absolute Gasteiger partial charge is 0.506 e. The second kappa shape index (κ2) is 7.62. The summed E-state index contributed by atoms with van der Waals surface area (Å²) >= 11 is 0. The number of aromatic hydroxyl groups is 1. The van der Waals surface area contributed by atoms with Gasteiger partial charge >= 0.3 is 0 Å². The number of hydrogen-bond acceptors (Lipinski definition) is 3. The normalized spacial score (nSPS) is 11.0. The van der Waals surface area contributed by atoms with E-state index in [1.807, 2.05) is 26.0 Å².